The Morgan fingerprint density at radius 2 is 2.05 bits per heavy atom. The summed E-state index contributed by atoms with van der Waals surface area (Å²) in [5.41, 5.74) is 1.05. The molecule has 1 aromatic carbocycles. The van der Waals surface area contributed by atoms with Crippen LogP contribution in [0, 0.1) is 5.92 Å². The van der Waals surface area contributed by atoms with Crippen LogP contribution in [-0.4, -0.2) is 23.5 Å². The normalized spacial score (nSPS) is 12.9. The molecule has 106 valence electrons. The number of hydrogen-bond donors (Lipinski definition) is 1. The lowest BCUT2D eigenvalue weighted by Gasteiger charge is -2.03. The van der Waals surface area contributed by atoms with Crippen molar-refractivity contribution in [3.05, 3.63) is 29.7 Å². The number of ether oxygens (including phenoxy) is 2. The van der Waals surface area contributed by atoms with E-state index in [0.717, 1.165) is 23.6 Å². The average Bonchev–Trinajstić information content (AvgIpc) is 3.04. The quantitative estimate of drug-likeness (QED) is 0.904. The van der Waals surface area contributed by atoms with Crippen LogP contribution in [0.3, 0.4) is 0 Å². The molecule has 3 rings (SSSR count). The van der Waals surface area contributed by atoms with Gasteiger partial charge in [-0.25, -0.2) is 0 Å². The van der Waals surface area contributed by atoms with Gasteiger partial charge in [0.15, 0.2) is 11.5 Å². The van der Waals surface area contributed by atoms with E-state index in [9.17, 15) is 0 Å². The number of anilines is 1. The molecule has 0 amide bonds. The van der Waals surface area contributed by atoms with Crippen LogP contribution in [0.4, 0.5) is 6.01 Å². The van der Waals surface area contributed by atoms with Crippen LogP contribution < -0.4 is 14.8 Å². The van der Waals surface area contributed by atoms with Crippen molar-refractivity contribution in [3.8, 4) is 11.5 Å². The van der Waals surface area contributed by atoms with Gasteiger partial charge in [-0.15, -0.1) is 5.10 Å². The van der Waals surface area contributed by atoms with E-state index in [-0.39, 0.29) is 6.79 Å². The molecule has 6 heteroatoms. The number of aromatic nitrogens is 2. The fraction of sp³-hybridized carbons (Fsp3) is 0.429. The molecule has 0 atom stereocenters. The van der Waals surface area contributed by atoms with E-state index in [2.05, 4.69) is 29.4 Å². The van der Waals surface area contributed by atoms with Crippen molar-refractivity contribution in [1.29, 1.82) is 0 Å². The van der Waals surface area contributed by atoms with Gasteiger partial charge < -0.3 is 19.2 Å². The highest BCUT2D eigenvalue weighted by atomic mass is 16.7. The van der Waals surface area contributed by atoms with Gasteiger partial charge in [-0.1, -0.05) is 25.0 Å². The number of nitrogens with zero attached hydrogens (tertiary/aromatic N) is 2. The van der Waals surface area contributed by atoms with E-state index < -0.39 is 0 Å². The van der Waals surface area contributed by atoms with Gasteiger partial charge >= 0.3 is 6.01 Å². The Morgan fingerprint density at radius 3 is 2.90 bits per heavy atom. The van der Waals surface area contributed by atoms with Gasteiger partial charge in [-0.3, -0.25) is 0 Å². The molecule has 2 heterocycles. The first kappa shape index (κ1) is 12.8. The van der Waals surface area contributed by atoms with Crippen LogP contribution in [0.5, 0.6) is 11.5 Å². The van der Waals surface area contributed by atoms with Gasteiger partial charge in [-0.05, 0) is 23.6 Å². The third kappa shape index (κ3) is 2.84. The number of benzene rings is 1. The predicted octanol–water partition coefficient (Wildman–Crippen LogP) is 2.46. The van der Waals surface area contributed by atoms with Gasteiger partial charge in [0, 0.05) is 6.54 Å². The summed E-state index contributed by atoms with van der Waals surface area (Å²) in [6, 6.07) is 6.27. The maximum atomic E-state index is 5.55. The summed E-state index contributed by atoms with van der Waals surface area (Å²) in [6.07, 6.45) is 0.576. The Kier molecular flexibility index (Phi) is 3.45. The molecule has 0 fully saturated rings. The molecule has 1 aromatic heterocycles. The van der Waals surface area contributed by atoms with Crippen molar-refractivity contribution in [2.75, 3.05) is 18.7 Å². The standard InChI is InChI=1S/C14H17N3O3/c1-9(2)7-15-14-17-16-13(20-14)6-10-3-4-11-12(5-10)19-8-18-11/h3-5,9H,6-8H2,1-2H3,(H,15,17). The summed E-state index contributed by atoms with van der Waals surface area (Å²) >= 11 is 0. The highest BCUT2D eigenvalue weighted by Crippen LogP contribution is 2.33. The van der Waals surface area contributed by atoms with E-state index >= 15 is 0 Å². The van der Waals surface area contributed by atoms with Crippen molar-refractivity contribution in [2.24, 2.45) is 5.92 Å². The molecular formula is C14H17N3O3. The van der Waals surface area contributed by atoms with E-state index in [0.29, 0.717) is 24.2 Å². The monoisotopic (exact) mass is 275 g/mol. The summed E-state index contributed by atoms with van der Waals surface area (Å²) in [7, 11) is 0. The molecule has 0 unspecified atom stereocenters. The molecule has 1 N–H and O–H groups in total. The Labute approximate surface area is 117 Å². The lowest BCUT2D eigenvalue weighted by atomic mass is 10.1. The maximum Gasteiger partial charge on any atom is 0.315 e. The molecule has 0 spiro atoms. The Balaban J connectivity index is 1.65. The highest BCUT2D eigenvalue weighted by Gasteiger charge is 2.14. The molecule has 6 nitrogen and oxygen atoms in total. The van der Waals surface area contributed by atoms with Crippen LogP contribution in [0.15, 0.2) is 22.6 Å². The molecule has 1 aliphatic rings. The van der Waals surface area contributed by atoms with Crippen molar-refractivity contribution in [2.45, 2.75) is 20.3 Å². The minimum absolute atomic E-state index is 0.280. The molecule has 20 heavy (non-hydrogen) atoms. The number of rotatable bonds is 5. The van der Waals surface area contributed by atoms with Crippen LogP contribution in [0.1, 0.15) is 25.3 Å². The van der Waals surface area contributed by atoms with E-state index in [1.54, 1.807) is 0 Å². The van der Waals surface area contributed by atoms with Crippen molar-refractivity contribution in [3.63, 3.8) is 0 Å². The molecule has 0 bridgehead atoms. The van der Waals surface area contributed by atoms with Crippen molar-refractivity contribution >= 4 is 6.01 Å². The first-order chi connectivity index (χ1) is 9.70. The zero-order valence-electron chi connectivity index (χ0n) is 11.5. The summed E-state index contributed by atoms with van der Waals surface area (Å²) in [5, 5.41) is 11.1. The van der Waals surface area contributed by atoms with Gasteiger partial charge in [-0.2, -0.15) is 0 Å². The van der Waals surface area contributed by atoms with E-state index in [1.807, 2.05) is 18.2 Å². The van der Waals surface area contributed by atoms with Gasteiger partial charge in [0.2, 0.25) is 12.7 Å². The van der Waals surface area contributed by atoms with Gasteiger partial charge in [0.05, 0.1) is 6.42 Å². The SMILES string of the molecule is CC(C)CNc1nnc(Cc2ccc3c(c2)OCO3)o1. The fourth-order valence-corrected chi connectivity index (χ4v) is 1.91. The Morgan fingerprint density at radius 1 is 1.20 bits per heavy atom. The molecule has 2 aromatic rings. The number of hydrogen-bond acceptors (Lipinski definition) is 6. The smallest absolute Gasteiger partial charge is 0.315 e. The zero-order valence-corrected chi connectivity index (χ0v) is 11.5. The molecule has 0 saturated carbocycles. The van der Waals surface area contributed by atoms with Crippen LogP contribution in [0.25, 0.3) is 0 Å². The average molecular weight is 275 g/mol. The molecule has 0 saturated heterocycles. The fourth-order valence-electron chi connectivity index (χ4n) is 1.91. The van der Waals surface area contributed by atoms with Gasteiger partial charge in [0.1, 0.15) is 0 Å². The Bertz CT molecular complexity index is 595. The first-order valence-electron chi connectivity index (χ1n) is 6.65. The van der Waals surface area contributed by atoms with Crippen molar-refractivity contribution in [1.82, 2.24) is 10.2 Å². The second kappa shape index (κ2) is 5.40. The predicted molar refractivity (Wildman–Crippen MR) is 73.0 cm³/mol. The molecular weight excluding hydrogens is 258 g/mol. The highest BCUT2D eigenvalue weighted by molar-refractivity contribution is 5.45. The van der Waals surface area contributed by atoms with Crippen LogP contribution >= 0.6 is 0 Å². The number of fused-ring (bicyclic) bond motifs is 1. The minimum atomic E-state index is 0.280. The summed E-state index contributed by atoms with van der Waals surface area (Å²) in [4.78, 5) is 0. The van der Waals surface area contributed by atoms with Crippen LogP contribution in [-0.2, 0) is 6.42 Å². The third-order valence-electron chi connectivity index (χ3n) is 2.92. The Hall–Kier alpha value is -2.24. The zero-order chi connectivity index (χ0) is 13.9. The second-order valence-electron chi connectivity index (χ2n) is 5.14. The van der Waals surface area contributed by atoms with E-state index in [4.69, 9.17) is 13.9 Å². The lowest BCUT2D eigenvalue weighted by Crippen LogP contribution is -2.07. The lowest BCUT2D eigenvalue weighted by molar-refractivity contribution is 0.174. The molecule has 0 radical (unpaired) electrons. The summed E-state index contributed by atoms with van der Waals surface area (Å²) in [5.74, 6) is 2.65. The van der Waals surface area contributed by atoms with E-state index in [1.165, 1.54) is 0 Å². The largest absolute Gasteiger partial charge is 0.454 e. The minimum Gasteiger partial charge on any atom is -0.454 e. The third-order valence-corrected chi connectivity index (χ3v) is 2.92. The molecule has 1 aliphatic heterocycles. The molecule has 0 aliphatic carbocycles. The first-order valence-corrected chi connectivity index (χ1v) is 6.65. The topological polar surface area (TPSA) is 69.4 Å². The van der Waals surface area contributed by atoms with Crippen molar-refractivity contribution < 1.29 is 13.9 Å². The summed E-state index contributed by atoms with van der Waals surface area (Å²) < 4.78 is 16.2. The van der Waals surface area contributed by atoms with Gasteiger partial charge in [0.25, 0.3) is 0 Å². The summed E-state index contributed by atoms with van der Waals surface area (Å²) in [6.45, 7) is 5.34. The maximum absolute atomic E-state index is 5.55. The van der Waals surface area contributed by atoms with Crippen LogP contribution in [0.2, 0.25) is 0 Å². The second-order valence-corrected chi connectivity index (χ2v) is 5.14. The number of nitrogens with one attached hydrogen (secondary N) is 1.